The second-order valence-corrected chi connectivity index (χ2v) is 5.34. The van der Waals surface area contributed by atoms with Gasteiger partial charge in [0, 0.05) is 22.4 Å². The predicted molar refractivity (Wildman–Crippen MR) is 84.3 cm³/mol. The van der Waals surface area contributed by atoms with E-state index in [2.05, 4.69) is 43.3 Å². The van der Waals surface area contributed by atoms with Crippen molar-refractivity contribution in [3.63, 3.8) is 0 Å². The van der Waals surface area contributed by atoms with Crippen LogP contribution in [-0.2, 0) is 6.42 Å². The Balaban J connectivity index is 2.21. The zero-order chi connectivity index (χ0) is 13.2. The molecular weight excluding hydrogens is 250 g/mol. The first-order chi connectivity index (χ1) is 9.25. The third-order valence-electron chi connectivity index (χ3n) is 3.47. The summed E-state index contributed by atoms with van der Waals surface area (Å²) in [7, 11) is 0. The zero-order valence-electron chi connectivity index (χ0n) is 10.8. The van der Waals surface area contributed by atoms with E-state index in [0.717, 1.165) is 22.6 Å². The quantitative estimate of drug-likeness (QED) is 0.714. The van der Waals surface area contributed by atoms with Crippen LogP contribution in [0.5, 0.6) is 0 Å². The number of benzene rings is 2. The van der Waals surface area contributed by atoms with E-state index in [-0.39, 0.29) is 6.04 Å². The van der Waals surface area contributed by atoms with Gasteiger partial charge in [0.2, 0.25) is 0 Å². The number of nitrogens with zero attached hydrogens (tertiary/aromatic N) is 1. The molecule has 1 aliphatic heterocycles. The van der Waals surface area contributed by atoms with Gasteiger partial charge in [-0.1, -0.05) is 66.8 Å². The van der Waals surface area contributed by atoms with E-state index in [0.29, 0.717) is 0 Å². The van der Waals surface area contributed by atoms with Crippen molar-refractivity contribution in [2.24, 2.45) is 4.99 Å². The topological polar surface area (TPSA) is 12.4 Å². The fourth-order valence-corrected chi connectivity index (χ4v) is 2.61. The van der Waals surface area contributed by atoms with E-state index in [1.807, 2.05) is 18.2 Å². The minimum Gasteiger partial charge on any atom is -0.276 e. The minimum atomic E-state index is 0.0950. The van der Waals surface area contributed by atoms with Crippen LogP contribution in [0.25, 0.3) is 0 Å². The van der Waals surface area contributed by atoms with Crippen LogP contribution in [0.15, 0.2) is 59.6 Å². The molecular formula is C17H15NS. The summed E-state index contributed by atoms with van der Waals surface area (Å²) in [6.07, 6.45) is 0.840. The van der Waals surface area contributed by atoms with Crippen LogP contribution in [0.2, 0.25) is 0 Å². The second-order valence-electron chi connectivity index (χ2n) is 4.82. The third kappa shape index (κ3) is 2.36. The monoisotopic (exact) mass is 265 g/mol. The summed E-state index contributed by atoms with van der Waals surface area (Å²) >= 11 is 5.49. The smallest absolute Gasteiger partial charge is 0.0794 e. The molecule has 1 atom stereocenters. The van der Waals surface area contributed by atoms with Crippen molar-refractivity contribution in [2.45, 2.75) is 19.4 Å². The SMILES string of the molecule is CC1N=C(c2ccccc2)c2ccccc2CC1=S. The van der Waals surface area contributed by atoms with Crippen molar-refractivity contribution in [3.05, 3.63) is 71.3 Å². The van der Waals surface area contributed by atoms with Crippen molar-refractivity contribution in [1.82, 2.24) is 0 Å². The highest BCUT2D eigenvalue weighted by molar-refractivity contribution is 7.80. The maximum Gasteiger partial charge on any atom is 0.0794 e. The average Bonchev–Trinajstić information content (AvgIpc) is 2.58. The van der Waals surface area contributed by atoms with Crippen LogP contribution < -0.4 is 0 Å². The molecule has 0 N–H and O–H groups in total. The van der Waals surface area contributed by atoms with Crippen molar-refractivity contribution in [1.29, 1.82) is 0 Å². The molecule has 3 rings (SSSR count). The number of fused-ring (bicyclic) bond motifs is 1. The highest BCUT2D eigenvalue weighted by Gasteiger charge is 2.20. The lowest BCUT2D eigenvalue weighted by Crippen LogP contribution is -2.13. The molecule has 2 aromatic rings. The summed E-state index contributed by atoms with van der Waals surface area (Å²) in [5.41, 5.74) is 4.70. The van der Waals surface area contributed by atoms with Gasteiger partial charge >= 0.3 is 0 Å². The molecule has 1 unspecified atom stereocenters. The average molecular weight is 265 g/mol. The molecule has 0 bridgehead atoms. The van der Waals surface area contributed by atoms with Gasteiger partial charge in [0.05, 0.1) is 11.8 Å². The van der Waals surface area contributed by atoms with E-state index in [1.165, 1.54) is 11.1 Å². The Bertz CT molecular complexity index is 643. The lowest BCUT2D eigenvalue weighted by Gasteiger charge is -2.09. The molecule has 0 radical (unpaired) electrons. The van der Waals surface area contributed by atoms with Gasteiger partial charge in [0.1, 0.15) is 0 Å². The number of hydrogen-bond donors (Lipinski definition) is 0. The van der Waals surface area contributed by atoms with Crippen molar-refractivity contribution >= 4 is 22.8 Å². The molecule has 94 valence electrons. The molecule has 1 aliphatic rings. The summed E-state index contributed by atoms with van der Waals surface area (Å²) in [4.78, 5) is 5.86. The van der Waals surface area contributed by atoms with Gasteiger partial charge in [-0.25, -0.2) is 0 Å². The van der Waals surface area contributed by atoms with E-state index in [1.54, 1.807) is 0 Å². The molecule has 0 spiro atoms. The number of thiocarbonyl (C=S) groups is 1. The standard InChI is InChI=1S/C17H15NS/c1-12-16(19)11-14-9-5-6-10-15(14)17(18-12)13-7-3-2-4-8-13/h2-10,12H,11H2,1H3. The maximum atomic E-state index is 5.49. The summed E-state index contributed by atoms with van der Waals surface area (Å²) in [6.45, 7) is 2.08. The molecule has 0 saturated carbocycles. The molecule has 1 heterocycles. The molecule has 2 aromatic carbocycles. The van der Waals surface area contributed by atoms with Crippen LogP contribution in [0, 0.1) is 0 Å². The number of rotatable bonds is 1. The van der Waals surface area contributed by atoms with Gasteiger partial charge in [-0.2, -0.15) is 0 Å². The summed E-state index contributed by atoms with van der Waals surface area (Å²) in [5, 5.41) is 0. The van der Waals surface area contributed by atoms with E-state index in [9.17, 15) is 0 Å². The summed E-state index contributed by atoms with van der Waals surface area (Å²) in [5.74, 6) is 0. The van der Waals surface area contributed by atoms with Gasteiger partial charge in [0.15, 0.2) is 0 Å². The largest absolute Gasteiger partial charge is 0.276 e. The molecule has 2 heteroatoms. The predicted octanol–water partition coefficient (Wildman–Crippen LogP) is 3.84. The normalized spacial score (nSPS) is 18.5. The molecule has 1 nitrogen and oxygen atoms in total. The Morgan fingerprint density at radius 1 is 1.00 bits per heavy atom. The van der Waals surface area contributed by atoms with E-state index in [4.69, 9.17) is 17.2 Å². The van der Waals surface area contributed by atoms with E-state index >= 15 is 0 Å². The van der Waals surface area contributed by atoms with Gasteiger partial charge in [-0.15, -0.1) is 0 Å². The Kier molecular flexibility index (Phi) is 3.26. The Labute approximate surface area is 119 Å². The molecule has 0 aromatic heterocycles. The lowest BCUT2D eigenvalue weighted by atomic mass is 9.96. The fourth-order valence-electron chi connectivity index (χ4n) is 2.40. The zero-order valence-corrected chi connectivity index (χ0v) is 11.7. The third-order valence-corrected chi connectivity index (χ3v) is 3.96. The molecule has 19 heavy (non-hydrogen) atoms. The number of aliphatic imine (C=N–C) groups is 1. The maximum absolute atomic E-state index is 5.49. The highest BCUT2D eigenvalue weighted by atomic mass is 32.1. The fraction of sp³-hybridized carbons (Fsp3) is 0.176. The van der Waals surface area contributed by atoms with Gasteiger partial charge in [-0.3, -0.25) is 4.99 Å². The Hall–Kier alpha value is -1.80. The van der Waals surface area contributed by atoms with Crippen LogP contribution in [0.1, 0.15) is 23.6 Å². The van der Waals surface area contributed by atoms with Gasteiger partial charge in [0.25, 0.3) is 0 Å². The Morgan fingerprint density at radius 2 is 1.68 bits per heavy atom. The summed E-state index contributed by atoms with van der Waals surface area (Å²) < 4.78 is 0. The first kappa shape index (κ1) is 12.2. The van der Waals surface area contributed by atoms with Crippen LogP contribution >= 0.6 is 12.2 Å². The highest BCUT2D eigenvalue weighted by Crippen LogP contribution is 2.21. The minimum absolute atomic E-state index is 0.0950. The van der Waals surface area contributed by atoms with Crippen LogP contribution in [0.4, 0.5) is 0 Å². The number of hydrogen-bond acceptors (Lipinski definition) is 2. The van der Waals surface area contributed by atoms with Crippen molar-refractivity contribution in [3.8, 4) is 0 Å². The van der Waals surface area contributed by atoms with E-state index < -0.39 is 0 Å². The molecule has 0 amide bonds. The Morgan fingerprint density at radius 3 is 2.47 bits per heavy atom. The first-order valence-electron chi connectivity index (χ1n) is 6.50. The molecule has 0 fully saturated rings. The first-order valence-corrected chi connectivity index (χ1v) is 6.91. The van der Waals surface area contributed by atoms with Crippen LogP contribution in [0.3, 0.4) is 0 Å². The lowest BCUT2D eigenvalue weighted by molar-refractivity contribution is 0.978. The summed E-state index contributed by atoms with van der Waals surface area (Å²) in [6, 6.07) is 18.9. The second kappa shape index (κ2) is 5.06. The van der Waals surface area contributed by atoms with Crippen LogP contribution in [-0.4, -0.2) is 16.6 Å². The van der Waals surface area contributed by atoms with Gasteiger partial charge in [-0.05, 0) is 12.5 Å². The van der Waals surface area contributed by atoms with Crippen molar-refractivity contribution < 1.29 is 0 Å². The molecule has 0 saturated heterocycles. The van der Waals surface area contributed by atoms with Crippen molar-refractivity contribution in [2.75, 3.05) is 0 Å². The molecule has 0 aliphatic carbocycles. The van der Waals surface area contributed by atoms with Gasteiger partial charge < -0.3 is 0 Å².